The fourth-order valence-corrected chi connectivity index (χ4v) is 3.09. The van der Waals surface area contributed by atoms with Crippen LogP contribution in [0.4, 0.5) is 5.69 Å². The number of benzene rings is 1. The maximum Gasteiger partial charge on any atom is 0.241 e. The Labute approximate surface area is 120 Å². The number of rotatable bonds is 2. The lowest BCUT2D eigenvalue weighted by Crippen LogP contribution is -2.48. The predicted molar refractivity (Wildman–Crippen MR) is 80.9 cm³/mol. The Morgan fingerprint density at radius 2 is 1.95 bits per heavy atom. The highest BCUT2D eigenvalue weighted by molar-refractivity contribution is 5.95. The van der Waals surface area contributed by atoms with Gasteiger partial charge in [0, 0.05) is 24.8 Å². The summed E-state index contributed by atoms with van der Waals surface area (Å²) >= 11 is 0. The van der Waals surface area contributed by atoms with Crippen LogP contribution in [0.25, 0.3) is 0 Å². The molecule has 108 valence electrons. The number of piperidine rings is 1. The first-order valence-electron chi connectivity index (χ1n) is 7.56. The molecule has 4 heteroatoms. The SMILES string of the molecule is CN1CCN(c2ccc(C3CCCCN3)cc2)C(=O)C1. The third-order valence-corrected chi connectivity index (χ3v) is 4.33. The van der Waals surface area contributed by atoms with Gasteiger partial charge in [-0.05, 0) is 44.1 Å². The number of hydrogen-bond acceptors (Lipinski definition) is 3. The van der Waals surface area contributed by atoms with E-state index in [1.54, 1.807) is 0 Å². The minimum Gasteiger partial charge on any atom is -0.310 e. The fraction of sp³-hybridized carbons (Fsp3) is 0.562. The van der Waals surface area contributed by atoms with Crippen molar-refractivity contribution < 1.29 is 4.79 Å². The highest BCUT2D eigenvalue weighted by atomic mass is 16.2. The lowest BCUT2D eigenvalue weighted by atomic mass is 9.97. The Morgan fingerprint density at radius 3 is 2.60 bits per heavy atom. The summed E-state index contributed by atoms with van der Waals surface area (Å²) in [5, 5.41) is 3.56. The third-order valence-electron chi connectivity index (χ3n) is 4.33. The molecule has 0 aliphatic carbocycles. The molecular formula is C16H23N3O. The van der Waals surface area contributed by atoms with E-state index in [9.17, 15) is 4.79 Å². The topological polar surface area (TPSA) is 35.6 Å². The maximum absolute atomic E-state index is 12.1. The van der Waals surface area contributed by atoms with Gasteiger partial charge in [0.2, 0.25) is 5.91 Å². The zero-order chi connectivity index (χ0) is 13.9. The molecule has 0 spiro atoms. The maximum atomic E-state index is 12.1. The van der Waals surface area contributed by atoms with Gasteiger partial charge in [-0.15, -0.1) is 0 Å². The van der Waals surface area contributed by atoms with Crippen molar-refractivity contribution in [2.75, 3.05) is 38.1 Å². The van der Waals surface area contributed by atoms with Gasteiger partial charge >= 0.3 is 0 Å². The van der Waals surface area contributed by atoms with Gasteiger partial charge in [0.15, 0.2) is 0 Å². The number of carbonyl (C=O) groups excluding carboxylic acids is 1. The Kier molecular flexibility index (Phi) is 4.03. The molecule has 2 saturated heterocycles. The van der Waals surface area contributed by atoms with Crippen LogP contribution in [-0.2, 0) is 4.79 Å². The van der Waals surface area contributed by atoms with Crippen LogP contribution in [-0.4, -0.2) is 44.0 Å². The van der Waals surface area contributed by atoms with E-state index in [4.69, 9.17) is 0 Å². The van der Waals surface area contributed by atoms with E-state index >= 15 is 0 Å². The number of carbonyl (C=O) groups is 1. The van der Waals surface area contributed by atoms with Gasteiger partial charge in [-0.2, -0.15) is 0 Å². The molecule has 0 saturated carbocycles. The van der Waals surface area contributed by atoms with Crippen LogP contribution in [0.2, 0.25) is 0 Å². The molecule has 2 aliphatic heterocycles. The minimum atomic E-state index is 0.197. The van der Waals surface area contributed by atoms with Crippen molar-refractivity contribution in [3.8, 4) is 0 Å². The molecule has 1 atom stereocenters. The molecule has 1 aromatic carbocycles. The van der Waals surface area contributed by atoms with Crippen LogP contribution < -0.4 is 10.2 Å². The average Bonchev–Trinajstić information content (AvgIpc) is 2.48. The molecule has 4 nitrogen and oxygen atoms in total. The first-order chi connectivity index (χ1) is 9.74. The van der Waals surface area contributed by atoms with Gasteiger partial charge in [0.05, 0.1) is 6.54 Å². The number of amides is 1. The average molecular weight is 273 g/mol. The van der Waals surface area contributed by atoms with Crippen LogP contribution in [0, 0.1) is 0 Å². The molecule has 1 aromatic rings. The molecule has 20 heavy (non-hydrogen) atoms. The van der Waals surface area contributed by atoms with Crippen LogP contribution in [0.5, 0.6) is 0 Å². The number of anilines is 1. The highest BCUT2D eigenvalue weighted by Crippen LogP contribution is 2.25. The predicted octanol–water partition coefficient (Wildman–Crippen LogP) is 1.78. The largest absolute Gasteiger partial charge is 0.310 e. The molecule has 1 N–H and O–H groups in total. The molecule has 3 rings (SSSR count). The van der Waals surface area contributed by atoms with E-state index < -0.39 is 0 Å². The van der Waals surface area contributed by atoms with Crippen molar-refractivity contribution in [2.45, 2.75) is 25.3 Å². The molecule has 1 unspecified atom stereocenters. The van der Waals surface area contributed by atoms with Gasteiger partial charge in [-0.1, -0.05) is 18.6 Å². The van der Waals surface area contributed by atoms with Gasteiger partial charge in [0.1, 0.15) is 0 Å². The quantitative estimate of drug-likeness (QED) is 0.892. The summed E-state index contributed by atoms with van der Waals surface area (Å²) in [5.41, 5.74) is 2.37. The van der Waals surface area contributed by atoms with E-state index in [2.05, 4.69) is 34.5 Å². The number of hydrogen-bond donors (Lipinski definition) is 1. The van der Waals surface area contributed by atoms with Crippen molar-refractivity contribution >= 4 is 11.6 Å². The van der Waals surface area contributed by atoms with E-state index in [1.165, 1.54) is 24.8 Å². The van der Waals surface area contributed by atoms with Gasteiger partial charge < -0.3 is 10.2 Å². The third kappa shape index (κ3) is 2.86. The van der Waals surface area contributed by atoms with E-state index in [0.717, 1.165) is 25.3 Å². The first-order valence-corrected chi connectivity index (χ1v) is 7.56. The normalized spacial score (nSPS) is 24.9. The van der Waals surface area contributed by atoms with E-state index in [-0.39, 0.29) is 5.91 Å². The van der Waals surface area contributed by atoms with Gasteiger partial charge in [0.25, 0.3) is 0 Å². The lowest BCUT2D eigenvalue weighted by molar-refractivity contribution is -0.120. The van der Waals surface area contributed by atoms with Crippen LogP contribution >= 0.6 is 0 Å². The molecule has 1 amide bonds. The monoisotopic (exact) mass is 273 g/mol. The summed E-state index contributed by atoms with van der Waals surface area (Å²) in [5.74, 6) is 0.197. The summed E-state index contributed by atoms with van der Waals surface area (Å²) in [4.78, 5) is 16.0. The van der Waals surface area contributed by atoms with Crippen molar-refractivity contribution in [1.29, 1.82) is 0 Å². The van der Waals surface area contributed by atoms with Gasteiger partial charge in [-0.25, -0.2) is 0 Å². The van der Waals surface area contributed by atoms with E-state index in [1.807, 2.05) is 11.9 Å². The Hall–Kier alpha value is -1.39. The van der Waals surface area contributed by atoms with Crippen molar-refractivity contribution in [3.63, 3.8) is 0 Å². The minimum absolute atomic E-state index is 0.197. The second-order valence-electron chi connectivity index (χ2n) is 5.88. The Balaban J connectivity index is 1.70. The number of nitrogens with one attached hydrogen (secondary N) is 1. The molecule has 0 radical (unpaired) electrons. The first kappa shape index (κ1) is 13.6. The molecule has 2 heterocycles. The van der Waals surface area contributed by atoms with Crippen LogP contribution in [0.3, 0.4) is 0 Å². The Bertz CT molecular complexity index is 465. The van der Waals surface area contributed by atoms with Crippen molar-refractivity contribution in [2.24, 2.45) is 0 Å². The number of likely N-dealkylation sites (N-methyl/N-ethyl adjacent to an activating group) is 1. The summed E-state index contributed by atoms with van der Waals surface area (Å²) in [6, 6.07) is 9.01. The van der Waals surface area contributed by atoms with Crippen molar-refractivity contribution in [3.05, 3.63) is 29.8 Å². The second-order valence-corrected chi connectivity index (χ2v) is 5.88. The molecule has 2 fully saturated rings. The molecule has 2 aliphatic rings. The number of nitrogens with zero attached hydrogens (tertiary/aromatic N) is 2. The molecule has 0 bridgehead atoms. The zero-order valence-corrected chi connectivity index (χ0v) is 12.1. The second kappa shape index (κ2) is 5.94. The molecular weight excluding hydrogens is 250 g/mol. The zero-order valence-electron chi connectivity index (χ0n) is 12.1. The smallest absolute Gasteiger partial charge is 0.241 e. The van der Waals surface area contributed by atoms with Crippen molar-refractivity contribution in [1.82, 2.24) is 10.2 Å². The van der Waals surface area contributed by atoms with Crippen LogP contribution in [0.1, 0.15) is 30.9 Å². The summed E-state index contributed by atoms with van der Waals surface area (Å²) in [6.45, 7) is 3.36. The highest BCUT2D eigenvalue weighted by Gasteiger charge is 2.23. The summed E-state index contributed by atoms with van der Waals surface area (Å²) in [7, 11) is 1.99. The van der Waals surface area contributed by atoms with Gasteiger partial charge in [-0.3, -0.25) is 9.69 Å². The standard InChI is InChI=1S/C16H23N3O/c1-18-10-11-19(16(20)12-18)14-7-5-13(6-8-14)15-4-2-3-9-17-15/h5-8,15,17H,2-4,9-12H2,1H3. The summed E-state index contributed by atoms with van der Waals surface area (Å²) in [6.07, 6.45) is 3.80. The number of piperazine rings is 1. The molecule has 0 aromatic heterocycles. The Morgan fingerprint density at radius 1 is 1.15 bits per heavy atom. The fourth-order valence-electron chi connectivity index (χ4n) is 3.09. The van der Waals surface area contributed by atoms with E-state index in [0.29, 0.717) is 12.6 Å². The summed E-state index contributed by atoms with van der Waals surface area (Å²) < 4.78 is 0. The van der Waals surface area contributed by atoms with Crippen LogP contribution in [0.15, 0.2) is 24.3 Å². The lowest BCUT2D eigenvalue weighted by Gasteiger charge is -2.32.